The Labute approximate surface area is 188 Å². The molecule has 2 atom stereocenters. The summed E-state index contributed by atoms with van der Waals surface area (Å²) in [7, 11) is 0. The van der Waals surface area contributed by atoms with Crippen LogP contribution in [0, 0.1) is 13.8 Å². The van der Waals surface area contributed by atoms with Gasteiger partial charge < -0.3 is 14.8 Å². The Hall–Kier alpha value is -3.44. The molecule has 0 saturated carbocycles. The van der Waals surface area contributed by atoms with Crippen LogP contribution in [-0.4, -0.2) is 14.7 Å². The average molecular weight is 425 g/mol. The molecule has 0 radical (unpaired) electrons. The van der Waals surface area contributed by atoms with E-state index in [-0.39, 0.29) is 12.1 Å². The van der Waals surface area contributed by atoms with Crippen molar-refractivity contribution in [1.29, 1.82) is 0 Å². The van der Waals surface area contributed by atoms with Crippen LogP contribution in [0.4, 0.5) is 5.69 Å². The van der Waals surface area contributed by atoms with Gasteiger partial charge in [-0.25, -0.2) is 0 Å². The molecule has 154 valence electrons. The van der Waals surface area contributed by atoms with Crippen LogP contribution in [-0.2, 0) is 0 Å². The largest absolute Gasteiger partial charge is 0.351 e. The number of anilines is 1. The van der Waals surface area contributed by atoms with E-state index in [1.165, 1.54) is 16.7 Å². The molecule has 1 aliphatic heterocycles. The number of para-hydroxylation sites is 1. The summed E-state index contributed by atoms with van der Waals surface area (Å²) in [6.45, 7) is 4.27. The highest BCUT2D eigenvalue weighted by molar-refractivity contribution is 7.80. The lowest BCUT2D eigenvalue weighted by Crippen LogP contribution is -2.29. The van der Waals surface area contributed by atoms with Gasteiger partial charge in [0, 0.05) is 30.0 Å². The van der Waals surface area contributed by atoms with Gasteiger partial charge >= 0.3 is 0 Å². The van der Waals surface area contributed by atoms with Crippen LogP contribution in [0.25, 0.3) is 5.69 Å². The number of nitrogens with zero attached hydrogens (tertiary/aromatic N) is 3. The molecule has 2 aromatic heterocycles. The van der Waals surface area contributed by atoms with Gasteiger partial charge in [0.2, 0.25) is 0 Å². The van der Waals surface area contributed by atoms with Gasteiger partial charge in [0.15, 0.2) is 5.11 Å². The lowest BCUT2D eigenvalue weighted by atomic mass is 9.98. The quantitative estimate of drug-likeness (QED) is 0.428. The maximum atomic E-state index is 5.83. The highest BCUT2D eigenvalue weighted by atomic mass is 32.1. The Kier molecular flexibility index (Phi) is 5.04. The number of rotatable bonds is 4. The molecule has 3 heterocycles. The third-order valence-corrected chi connectivity index (χ3v) is 6.29. The molecule has 5 heteroatoms. The summed E-state index contributed by atoms with van der Waals surface area (Å²) in [6, 6.07) is 25.1. The number of aromatic nitrogens is 2. The Bertz CT molecular complexity index is 1220. The van der Waals surface area contributed by atoms with Crippen LogP contribution in [0.3, 0.4) is 0 Å². The van der Waals surface area contributed by atoms with Crippen LogP contribution in [0.2, 0.25) is 0 Å². The van der Waals surface area contributed by atoms with E-state index in [4.69, 9.17) is 12.2 Å². The Morgan fingerprint density at radius 1 is 0.871 bits per heavy atom. The zero-order valence-electron chi connectivity index (χ0n) is 17.6. The molecular weight excluding hydrogens is 400 g/mol. The number of benzene rings is 2. The first kappa shape index (κ1) is 19.5. The summed E-state index contributed by atoms with van der Waals surface area (Å²) < 4.78 is 2.16. The maximum Gasteiger partial charge on any atom is 0.174 e. The van der Waals surface area contributed by atoms with Crippen LogP contribution in [0.1, 0.15) is 34.5 Å². The number of hydrogen-bond acceptors (Lipinski definition) is 2. The van der Waals surface area contributed by atoms with Gasteiger partial charge in [-0.15, -0.1) is 0 Å². The molecule has 0 bridgehead atoms. The van der Waals surface area contributed by atoms with E-state index in [0.717, 1.165) is 22.2 Å². The minimum absolute atomic E-state index is 0.00512. The lowest BCUT2D eigenvalue weighted by molar-refractivity contribution is 0.568. The van der Waals surface area contributed by atoms with E-state index in [1.54, 1.807) is 0 Å². The van der Waals surface area contributed by atoms with E-state index in [9.17, 15) is 0 Å². The minimum Gasteiger partial charge on any atom is -0.351 e. The molecule has 0 aliphatic carbocycles. The zero-order valence-corrected chi connectivity index (χ0v) is 18.4. The average Bonchev–Trinajstić information content (AvgIpc) is 3.41. The molecule has 1 N–H and O–H groups in total. The SMILES string of the molecule is Cc1ccc(N2C(=S)N[C@@H](c3ccccn3)[C@H]2c2ccn(-c3ccccc3)c2)cc1C. The van der Waals surface area contributed by atoms with Crippen molar-refractivity contribution in [2.24, 2.45) is 0 Å². The highest BCUT2D eigenvalue weighted by Crippen LogP contribution is 2.42. The number of hydrogen-bond donors (Lipinski definition) is 1. The summed E-state index contributed by atoms with van der Waals surface area (Å²) in [5, 5.41) is 4.25. The van der Waals surface area contributed by atoms with Crippen molar-refractivity contribution in [3.63, 3.8) is 0 Å². The number of nitrogens with one attached hydrogen (secondary N) is 1. The first-order chi connectivity index (χ1) is 15.1. The second-order valence-corrected chi connectivity index (χ2v) is 8.34. The van der Waals surface area contributed by atoms with E-state index in [2.05, 4.69) is 101 Å². The molecule has 0 spiro atoms. The third kappa shape index (κ3) is 3.62. The monoisotopic (exact) mass is 424 g/mol. The maximum absolute atomic E-state index is 5.83. The standard InChI is InChI=1S/C26H24N4S/c1-18-11-12-22(16-19(18)2)30-25(24(28-26(30)31)23-10-6-7-14-27-23)20-13-15-29(17-20)21-8-4-3-5-9-21/h3-17,24-25H,1-2H3,(H,28,31)/t24-,25+/m0/s1. The normalized spacial score (nSPS) is 18.3. The Morgan fingerprint density at radius 3 is 2.42 bits per heavy atom. The number of aryl methyl sites for hydroxylation is 2. The van der Waals surface area contributed by atoms with Crippen molar-refractivity contribution < 1.29 is 0 Å². The van der Waals surface area contributed by atoms with Crippen LogP contribution in [0.5, 0.6) is 0 Å². The Morgan fingerprint density at radius 2 is 1.68 bits per heavy atom. The van der Waals surface area contributed by atoms with Gasteiger partial charge in [0.25, 0.3) is 0 Å². The van der Waals surface area contributed by atoms with E-state index in [0.29, 0.717) is 0 Å². The first-order valence-corrected chi connectivity index (χ1v) is 10.8. The summed E-state index contributed by atoms with van der Waals surface area (Å²) >= 11 is 5.83. The molecule has 1 saturated heterocycles. The van der Waals surface area contributed by atoms with Crippen molar-refractivity contribution in [1.82, 2.24) is 14.9 Å². The van der Waals surface area contributed by atoms with Crippen molar-refractivity contribution in [2.75, 3.05) is 4.90 Å². The van der Waals surface area contributed by atoms with Crippen molar-refractivity contribution >= 4 is 23.0 Å². The number of thiocarbonyl (C=S) groups is 1. The van der Waals surface area contributed by atoms with E-state index < -0.39 is 0 Å². The van der Waals surface area contributed by atoms with Gasteiger partial charge in [-0.05, 0) is 85.2 Å². The van der Waals surface area contributed by atoms with Gasteiger partial charge in [-0.1, -0.05) is 30.3 Å². The highest BCUT2D eigenvalue weighted by Gasteiger charge is 2.41. The summed E-state index contributed by atoms with van der Waals surface area (Å²) in [5.41, 5.74) is 6.92. The lowest BCUT2D eigenvalue weighted by Gasteiger charge is -2.27. The molecule has 4 nitrogen and oxygen atoms in total. The number of pyridine rings is 1. The van der Waals surface area contributed by atoms with Gasteiger partial charge in [-0.3, -0.25) is 4.98 Å². The molecule has 5 rings (SSSR count). The fraction of sp³-hybridized carbons (Fsp3) is 0.154. The zero-order chi connectivity index (χ0) is 21.4. The second kappa shape index (κ2) is 8.00. The first-order valence-electron chi connectivity index (χ1n) is 10.4. The molecule has 4 aromatic rings. The molecular formula is C26H24N4S. The van der Waals surface area contributed by atoms with Crippen LogP contribution in [0.15, 0.2) is 91.4 Å². The minimum atomic E-state index is -0.0399. The predicted molar refractivity (Wildman–Crippen MR) is 130 cm³/mol. The fourth-order valence-electron chi connectivity index (χ4n) is 4.20. The van der Waals surface area contributed by atoms with Crippen LogP contribution >= 0.6 is 12.2 Å². The summed E-state index contributed by atoms with van der Waals surface area (Å²) in [6.07, 6.45) is 6.14. The third-order valence-electron chi connectivity index (χ3n) is 5.98. The molecule has 2 aromatic carbocycles. The predicted octanol–water partition coefficient (Wildman–Crippen LogP) is 5.67. The molecule has 0 unspecified atom stereocenters. The molecule has 0 amide bonds. The summed E-state index contributed by atoms with van der Waals surface area (Å²) in [4.78, 5) is 6.87. The van der Waals surface area contributed by atoms with Crippen molar-refractivity contribution in [3.8, 4) is 5.69 Å². The molecule has 1 aliphatic rings. The van der Waals surface area contributed by atoms with Gasteiger partial charge in [0.05, 0.1) is 17.8 Å². The van der Waals surface area contributed by atoms with Gasteiger partial charge in [-0.2, -0.15) is 0 Å². The van der Waals surface area contributed by atoms with E-state index >= 15 is 0 Å². The summed E-state index contributed by atoms with van der Waals surface area (Å²) in [5.74, 6) is 0. The van der Waals surface area contributed by atoms with Gasteiger partial charge in [0.1, 0.15) is 0 Å². The second-order valence-electron chi connectivity index (χ2n) is 7.95. The van der Waals surface area contributed by atoms with Crippen LogP contribution < -0.4 is 10.2 Å². The Balaban J connectivity index is 1.61. The van der Waals surface area contributed by atoms with Crippen molar-refractivity contribution in [3.05, 3.63) is 114 Å². The topological polar surface area (TPSA) is 33.1 Å². The van der Waals surface area contributed by atoms with Crippen molar-refractivity contribution in [2.45, 2.75) is 25.9 Å². The molecule has 31 heavy (non-hydrogen) atoms. The smallest absolute Gasteiger partial charge is 0.174 e. The van der Waals surface area contributed by atoms with E-state index in [1.807, 2.05) is 24.4 Å². The fourth-order valence-corrected chi connectivity index (χ4v) is 4.54. The molecule has 1 fully saturated rings.